The first kappa shape index (κ1) is 15.2. The molecule has 1 aromatic carbocycles. The summed E-state index contributed by atoms with van der Waals surface area (Å²) in [5.74, 6) is -1.29. The van der Waals surface area contributed by atoms with Crippen molar-refractivity contribution in [1.29, 1.82) is 0 Å². The van der Waals surface area contributed by atoms with Crippen LogP contribution in [0.4, 0.5) is 0 Å². The predicted octanol–water partition coefficient (Wildman–Crippen LogP) is 0.698. The Hall–Kier alpha value is -2.19. The topological polar surface area (TPSA) is 101 Å². The zero-order valence-corrected chi connectivity index (χ0v) is 12.3. The van der Waals surface area contributed by atoms with Crippen LogP contribution in [0.2, 0.25) is 0 Å². The zero-order valence-electron chi connectivity index (χ0n) is 11.5. The molecule has 2 aromatic rings. The van der Waals surface area contributed by atoms with E-state index in [0.717, 1.165) is 4.68 Å². The quantitative estimate of drug-likeness (QED) is 0.846. The summed E-state index contributed by atoms with van der Waals surface area (Å²) in [6.07, 6.45) is 1.33. The van der Waals surface area contributed by atoms with Gasteiger partial charge in [0, 0.05) is 7.05 Å². The third-order valence-corrected chi connectivity index (χ3v) is 4.80. The minimum Gasteiger partial charge on any atom is -0.480 e. The number of hydrogen-bond donors (Lipinski definition) is 2. The van der Waals surface area contributed by atoms with Gasteiger partial charge in [-0.2, -0.15) is 9.82 Å². The maximum Gasteiger partial charge on any atom is 0.329 e. The molecule has 0 bridgehead atoms. The maximum atomic E-state index is 12.4. The van der Waals surface area contributed by atoms with Crippen molar-refractivity contribution in [3.8, 4) is 0 Å². The Labute approximate surface area is 122 Å². The summed E-state index contributed by atoms with van der Waals surface area (Å²) in [6.45, 7) is 1.30. The molecule has 0 radical (unpaired) electrons. The van der Waals surface area contributed by atoms with E-state index in [9.17, 15) is 18.3 Å². The van der Waals surface area contributed by atoms with Crippen LogP contribution in [-0.4, -0.2) is 29.3 Å². The number of sulfonamides is 1. The van der Waals surface area contributed by atoms with Gasteiger partial charge in [0.05, 0.1) is 6.20 Å². The van der Waals surface area contributed by atoms with Crippen LogP contribution in [0.15, 0.2) is 47.6 Å². The molecular formula is C13H15N3O4S. The van der Waals surface area contributed by atoms with Gasteiger partial charge >= 0.3 is 5.97 Å². The Kier molecular flexibility index (Phi) is 3.84. The molecule has 0 spiro atoms. The molecule has 1 unspecified atom stereocenters. The van der Waals surface area contributed by atoms with Crippen molar-refractivity contribution in [3.63, 3.8) is 0 Å². The standard InChI is InChI=1S/C13H15N3O4S/c1-13(12(17)18,10-6-4-3-5-7-10)15-21(19,20)11-8-9-14-16(11)2/h3-9,15H,1-2H3,(H,17,18). The van der Waals surface area contributed by atoms with E-state index in [1.807, 2.05) is 0 Å². The molecule has 2 rings (SSSR count). The summed E-state index contributed by atoms with van der Waals surface area (Å²) in [4.78, 5) is 11.6. The number of rotatable bonds is 5. The van der Waals surface area contributed by atoms with Crippen LogP contribution in [0.25, 0.3) is 0 Å². The molecule has 0 aliphatic heterocycles. The van der Waals surface area contributed by atoms with Crippen LogP contribution in [0.1, 0.15) is 12.5 Å². The first-order valence-electron chi connectivity index (χ1n) is 6.08. The van der Waals surface area contributed by atoms with Crippen LogP contribution in [0.3, 0.4) is 0 Å². The van der Waals surface area contributed by atoms with Gasteiger partial charge in [0.1, 0.15) is 0 Å². The Morgan fingerprint density at radius 2 is 1.90 bits per heavy atom. The molecule has 112 valence electrons. The number of aliphatic carboxylic acids is 1. The second-order valence-corrected chi connectivity index (χ2v) is 6.32. The molecule has 1 atom stereocenters. The SMILES string of the molecule is Cn1nccc1S(=O)(=O)NC(C)(C(=O)O)c1ccccc1. The molecule has 0 saturated carbocycles. The number of aryl methyl sites for hydroxylation is 1. The molecule has 8 heteroatoms. The van der Waals surface area contributed by atoms with E-state index in [-0.39, 0.29) is 5.03 Å². The average molecular weight is 309 g/mol. The number of nitrogens with zero attached hydrogens (tertiary/aromatic N) is 2. The smallest absolute Gasteiger partial charge is 0.329 e. The van der Waals surface area contributed by atoms with Crippen molar-refractivity contribution in [3.05, 3.63) is 48.2 Å². The van der Waals surface area contributed by atoms with E-state index in [1.54, 1.807) is 30.3 Å². The van der Waals surface area contributed by atoms with E-state index in [0.29, 0.717) is 5.56 Å². The highest BCUT2D eigenvalue weighted by Crippen LogP contribution is 2.23. The summed E-state index contributed by atoms with van der Waals surface area (Å²) in [7, 11) is -2.56. The number of aromatic nitrogens is 2. The van der Waals surface area contributed by atoms with Crippen molar-refractivity contribution in [2.45, 2.75) is 17.5 Å². The summed E-state index contributed by atoms with van der Waals surface area (Å²) in [6, 6.07) is 9.43. The number of benzene rings is 1. The maximum absolute atomic E-state index is 12.4. The van der Waals surface area contributed by atoms with Gasteiger partial charge in [-0.05, 0) is 18.6 Å². The van der Waals surface area contributed by atoms with Crippen LogP contribution in [0, 0.1) is 0 Å². The average Bonchev–Trinajstić information content (AvgIpc) is 2.86. The lowest BCUT2D eigenvalue weighted by atomic mass is 9.94. The second-order valence-electron chi connectivity index (χ2n) is 4.69. The molecule has 0 aliphatic carbocycles. The second kappa shape index (κ2) is 5.30. The van der Waals surface area contributed by atoms with Gasteiger partial charge in [-0.15, -0.1) is 0 Å². The van der Waals surface area contributed by atoms with Gasteiger partial charge in [-0.3, -0.25) is 4.68 Å². The van der Waals surface area contributed by atoms with Crippen molar-refractivity contribution in [1.82, 2.24) is 14.5 Å². The Balaban J connectivity index is 2.47. The third kappa shape index (κ3) is 2.81. The van der Waals surface area contributed by atoms with E-state index in [1.165, 1.54) is 26.2 Å². The van der Waals surface area contributed by atoms with Crippen molar-refractivity contribution in [2.24, 2.45) is 7.05 Å². The number of nitrogens with one attached hydrogen (secondary N) is 1. The lowest BCUT2D eigenvalue weighted by molar-refractivity contribution is -0.143. The van der Waals surface area contributed by atoms with Crippen LogP contribution < -0.4 is 4.72 Å². The number of carbonyl (C=O) groups is 1. The monoisotopic (exact) mass is 309 g/mol. The minimum atomic E-state index is -4.03. The van der Waals surface area contributed by atoms with E-state index >= 15 is 0 Å². The van der Waals surface area contributed by atoms with Crippen molar-refractivity contribution < 1.29 is 18.3 Å². The minimum absolute atomic E-state index is 0.106. The third-order valence-electron chi connectivity index (χ3n) is 3.17. The predicted molar refractivity (Wildman–Crippen MR) is 75.0 cm³/mol. The summed E-state index contributed by atoms with van der Waals surface area (Å²) in [5.41, 5.74) is -1.44. The first-order chi connectivity index (χ1) is 9.77. The molecule has 0 aliphatic rings. The number of carboxylic acids is 1. The van der Waals surface area contributed by atoms with Crippen LogP contribution in [-0.2, 0) is 27.4 Å². The summed E-state index contributed by atoms with van der Waals surface area (Å²) in [5, 5.41) is 13.1. The van der Waals surface area contributed by atoms with Crippen molar-refractivity contribution >= 4 is 16.0 Å². The van der Waals surface area contributed by atoms with E-state index in [4.69, 9.17) is 0 Å². The molecule has 1 aromatic heterocycles. The lowest BCUT2D eigenvalue weighted by Crippen LogP contribution is -2.49. The highest BCUT2D eigenvalue weighted by molar-refractivity contribution is 7.89. The highest BCUT2D eigenvalue weighted by Gasteiger charge is 2.40. The Morgan fingerprint density at radius 3 is 2.38 bits per heavy atom. The molecule has 2 N–H and O–H groups in total. The van der Waals surface area contributed by atoms with E-state index in [2.05, 4.69) is 9.82 Å². The largest absolute Gasteiger partial charge is 0.480 e. The number of carboxylic acid groups (broad SMARTS) is 1. The fourth-order valence-corrected chi connectivity index (χ4v) is 3.43. The van der Waals surface area contributed by atoms with Crippen molar-refractivity contribution in [2.75, 3.05) is 0 Å². The van der Waals surface area contributed by atoms with E-state index < -0.39 is 21.5 Å². The summed E-state index contributed by atoms with van der Waals surface area (Å²) >= 11 is 0. The van der Waals surface area contributed by atoms with Gasteiger partial charge in [0.25, 0.3) is 10.0 Å². The van der Waals surface area contributed by atoms with Crippen LogP contribution in [0.5, 0.6) is 0 Å². The molecule has 21 heavy (non-hydrogen) atoms. The zero-order chi connectivity index (χ0) is 15.7. The molecule has 1 heterocycles. The highest BCUT2D eigenvalue weighted by atomic mass is 32.2. The van der Waals surface area contributed by atoms with Crippen LogP contribution >= 0.6 is 0 Å². The molecule has 7 nitrogen and oxygen atoms in total. The van der Waals surface area contributed by atoms with Gasteiger partial charge in [0.15, 0.2) is 10.6 Å². The fourth-order valence-electron chi connectivity index (χ4n) is 1.94. The Bertz CT molecular complexity index is 755. The molecule has 0 amide bonds. The molecule has 0 saturated heterocycles. The summed E-state index contributed by atoms with van der Waals surface area (Å²) < 4.78 is 28.1. The van der Waals surface area contributed by atoms with Gasteiger partial charge < -0.3 is 5.11 Å². The lowest BCUT2D eigenvalue weighted by Gasteiger charge is -2.26. The molecular weight excluding hydrogens is 294 g/mol. The van der Waals surface area contributed by atoms with Gasteiger partial charge in [-0.1, -0.05) is 30.3 Å². The molecule has 0 fully saturated rings. The number of hydrogen-bond acceptors (Lipinski definition) is 4. The Morgan fingerprint density at radius 1 is 1.29 bits per heavy atom. The van der Waals surface area contributed by atoms with Gasteiger partial charge in [-0.25, -0.2) is 13.2 Å². The van der Waals surface area contributed by atoms with Gasteiger partial charge in [0.2, 0.25) is 0 Å². The fraction of sp³-hybridized carbons (Fsp3) is 0.231. The normalized spacial score (nSPS) is 14.6. The first-order valence-corrected chi connectivity index (χ1v) is 7.56.